The third-order valence-corrected chi connectivity index (χ3v) is 7.51. The van der Waals surface area contributed by atoms with Crippen LogP contribution in [0.4, 0.5) is 0 Å². The predicted molar refractivity (Wildman–Crippen MR) is 82.8 cm³/mol. The highest BCUT2D eigenvalue weighted by atomic mass is 28.3. The molecule has 3 aliphatic rings. The average Bonchev–Trinajstić information content (AvgIpc) is 2.95. The molecule has 1 N–H and O–H groups in total. The monoisotopic (exact) mass is 326 g/mol. The van der Waals surface area contributed by atoms with Crippen LogP contribution in [0.1, 0.15) is 19.3 Å². The molecule has 0 aromatic heterocycles. The summed E-state index contributed by atoms with van der Waals surface area (Å²) in [4.78, 5) is 24.5. The molecule has 2 aliphatic carbocycles. The summed E-state index contributed by atoms with van der Waals surface area (Å²) in [6, 6.07) is 0.779. The molecule has 1 saturated heterocycles. The summed E-state index contributed by atoms with van der Waals surface area (Å²) in [6.07, 6.45) is 1.67. The van der Waals surface area contributed by atoms with Crippen LogP contribution in [-0.2, 0) is 19.1 Å². The number of methoxy groups -OCH3 is 1. The van der Waals surface area contributed by atoms with Crippen molar-refractivity contribution < 1.29 is 24.2 Å². The number of esters is 2. The summed E-state index contributed by atoms with van der Waals surface area (Å²) in [5.74, 6) is -0.746. The first kappa shape index (κ1) is 16.0. The highest BCUT2D eigenvalue weighted by Crippen LogP contribution is 2.65. The zero-order chi connectivity index (χ0) is 16.3. The molecule has 0 radical (unpaired) electrons. The fourth-order valence-electron chi connectivity index (χ4n) is 5.47. The first-order valence-corrected chi connectivity index (χ1v) is 11.8. The van der Waals surface area contributed by atoms with E-state index < -0.39 is 19.1 Å². The molecule has 5 atom stereocenters. The normalized spacial score (nSPS) is 43.7. The summed E-state index contributed by atoms with van der Waals surface area (Å²) in [6.45, 7) is 6.98. The molecule has 0 unspecified atom stereocenters. The van der Waals surface area contributed by atoms with Gasteiger partial charge in [0.2, 0.25) is 0 Å². The predicted octanol–water partition coefficient (Wildman–Crippen LogP) is 1.82. The number of rotatable bonds is 3. The Morgan fingerprint density at radius 3 is 2.73 bits per heavy atom. The van der Waals surface area contributed by atoms with Crippen molar-refractivity contribution in [1.82, 2.24) is 0 Å². The van der Waals surface area contributed by atoms with Crippen LogP contribution < -0.4 is 0 Å². The lowest BCUT2D eigenvalue weighted by molar-refractivity contribution is -0.159. The van der Waals surface area contributed by atoms with Crippen molar-refractivity contribution in [2.24, 2.45) is 23.2 Å². The number of carbonyl (C=O) groups excluding carboxylic acids is 2. The Kier molecular flexibility index (Phi) is 3.49. The number of cyclic esters (lactones) is 1. The van der Waals surface area contributed by atoms with Gasteiger partial charge >= 0.3 is 11.9 Å². The van der Waals surface area contributed by atoms with Gasteiger partial charge in [-0.25, -0.2) is 0 Å². The van der Waals surface area contributed by atoms with Crippen LogP contribution in [0.15, 0.2) is 0 Å². The maximum atomic E-state index is 12.6. The molecule has 5 nitrogen and oxygen atoms in total. The van der Waals surface area contributed by atoms with E-state index in [-0.39, 0.29) is 36.3 Å². The first-order valence-electron chi connectivity index (χ1n) is 8.09. The van der Waals surface area contributed by atoms with Gasteiger partial charge in [-0.2, -0.15) is 0 Å². The van der Waals surface area contributed by atoms with E-state index in [9.17, 15) is 14.7 Å². The van der Waals surface area contributed by atoms with E-state index in [0.717, 1.165) is 6.04 Å². The molecule has 0 aromatic carbocycles. The fourth-order valence-corrected chi connectivity index (χ4v) is 7.71. The van der Waals surface area contributed by atoms with Crippen LogP contribution in [0.5, 0.6) is 0 Å². The molecule has 0 aromatic rings. The Hall–Kier alpha value is -0.883. The van der Waals surface area contributed by atoms with Gasteiger partial charge < -0.3 is 14.6 Å². The van der Waals surface area contributed by atoms with Crippen LogP contribution in [0.3, 0.4) is 0 Å². The molecular weight excluding hydrogens is 300 g/mol. The Labute approximate surface area is 132 Å². The maximum Gasteiger partial charge on any atom is 0.312 e. The zero-order valence-corrected chi connectivity index (χ0v) is 14.8. The van der Waals surface area contributed by atoms with Crippen LogP contribution >= 0.6 is 0 Å². The van der Waals surface area contributed by atoms with Crippen molar-refractivity contribution >= 4 is 20.0 Å². The van der Waals surface area contributed by atoms with E-state index in [4.69, 9.17) is 9.47 Å². The molecule has 0 amide bonds. The van der Waals surface area contributed by atoms with Gasteiger partial charge in [0.1, 0.15) is 0 Å². The van der Waals surface area contributed by atoms with E-state index in [1.165, 1.54) is 7.11 Å². The summed E-state index contributed by atoms with van der Waals surface area (Å²) in [5, 5.41) is 11.1. The van der Waals surface area contributed by atoms with Crippen LogP contribution in [0, 0.1) is 23.2 Å². The molecule has 0 bridgehead atoms. The summed E-state index contributed by atoms with van der Waals surface area (Å²) >= 11 is 0. The Bertz CT molecular complexity index is 513. The highest BCUT2D eigenvalue weighted by Gasteiger charge is 2.70. The zero-order valence-electron chi connectivity index (χ0n) is 13.8. The fraction of sp³-hybridized carbons (Fsp3) is 0.875. The number of fused-ring (bicyclic) bond motifs is 3. The second-order valence-electron chi connectivity index (χ2n) is 8.65. The van der Waals surface area contributed by atoms with Gasteiger partial charge in [0.05, 0.1) is 30.7 Å². The topological polar surface area (TPSA) is 72.8 Å². The lowest BCUT2D eigenvalue weighted by Gasteiger charge is -2.34. The Morgan fingerprint density at radius 2 is 2.14 bits per heavy atom. The molecule has 0 spiro atoms. The van der Waals surface area contributed by atoms with E-state index in [0.29, 0.717) is 19.3 Å². The lowest BCUT2D eigenvalue weighted by atomic mass is 9.72. The van der Waals surface area contributed by atoms with E-state index in [1.54, 1.807) is 0 Å². The average molecular weight is 326 g/mol. The third kappa shape index (κ3) is 2.22. The van der Waals surface area contributed by atoms with Crippen molar-refractivity contribution in [2.75, 3.05) is 13.7 Å². The first-order chi connectivity index (χ1) is 10.1. The number of aliphatic hydroxyl groups is 1. The van der Waals surface area contributed by atoms with Crippen LogP contribution in [0.2, 0.25) is 25.7 Å². The smallest absolute Gasteiger partial charge is 0.312 e. The van der Waals surface area contributed by atoms with Gasteiger partial charge in [-0.3, -0.25) is 9.59 Å². The number of hydrogen-bond acceptors (Lipinski definition) is 5. The van der Waals surface area contributed by atoms with Gasteiger partial charge in [0.15, 0.2) is 0 Å². The number of carbonyl (C=O) groups is 2. The lowest BCUT2D eigenvalue weighted by Crippen LogP contribution is -2.43. The molecule has 2 saturated carbocycles. The Morgan fingerprint density at radius 1 is 1.45 bits per heavy atom. The summed E-state index contributed by atoms with van der Waals surface area (Å²) in [5.41, 5.74) is -1.54. The van der Waals surface area contributed by atoms with Crippen molar-refractivity contribution in [2.45, 2.75) is 50.5 Å². The SMILES string of the molecule is COC(=O)[C@]12C[C@](O)(C[Si](C)(C)C)C[C@H]1C[C@@H]1C(=O)OC[C@@H]12. The molecule has 1 aliphatic heterocycles. The second-order valence-corrected chi connectivity index (χ2v) is 14.1. The van der Waals surface area contributed by atoms with Crippen molar-refractivity contribution in [3.05, 3.63) is 0 Å². The molecule has 22 heavy (non-hydrogen) atoms. The van der Waals surface area contributed by atoms with E-state index >= 15 is 0 Å². The van der Waals surface area contributed by atoms with Crippen molar-refractivity contribution in [3.63, 3.8) is 0 Å². The van der Waals surface area contributed by atoms with Gasteiger partial charge in [-0.1, -0.05) is 19.6 Å². The molecule has 3 fully saturated rings. The minimum Gasteiger partial charge on any atom is -0.469 e. The minimum absolute atomic E-state index is 0.0316. The van der Waals surface area contributed by atoms with E-state index in [2.05, 4.69) is 19.6 Å². The number of hydrogen-bond donors (Lipinski definition) is 1. The standard InChI is InChI=1S/C16H26O5Si/c1-20-14(18)16-8-15(19,9-22(2,3)4)6-10(16)5-11-12(16)7-21-13(11)17/h10-12,19H,5-9H2,1-4H3/t10-,11+,12+,15+,16-/m1/s1. The minimum atomic E-state index is -1.47. The molecule has 124 valence electrons. The molecule has 6 heteroatoms. The van der Waals surface area contributed by atoms with Gasteiger partial charge in [-0.15, -0.1) is 0 Å². The van der Waals surface area contributed by atoms with Crippen LogP contribution in [-0.4, -0.2) is 44.4 Å². The Balaban J connectivity index is 1.95. The van der Waals surface area contributed by atoms with Gasteiger partial charge in [-0.05, 0) is 31.2 Å². The summed E-state index contributed by atoms with van der Waals surface area (Å²) < 4.78 is 10.3. The van der Waals surface area contributed by atoms with Crippen LogP contribution in [0.25, 0.3) is 0 Å². The van der Waals surface area contributed by atoms with E-state index in [1.807, 2.05) is 0 Å². The molecular formula is C16H26O5Si. The van der Waals surface area contributed by atoms with Crippen molar-refractivity contribution in [1.29, 1.82) is 0 Å². The summed E-state index contributed by atoms with van der Waals surface area (Å²) in [7, 11) is -0.0699. The third-order valence-electron chi connectivity index (χ3n) is 5.79. The quantitative estimate of drug-likeness (QED) is 0.632. The van der Waals surface area contributed by atoms with Gasteiger partial charge in [0.25, 0.3) is 0 Å². The molecule has 3 rings (SSSR count). The molecule has 1 heterocycles. The highest BCUT2D eigenvalue weighted by molar-refractivity contribution is 6.76. The number of ether oxygens (including phenoxy) is 2. The second kappa shape index (κ2) is 4.80. The largest absolute Gasteiger partial charge is 0.469 e. The van der Waals surface area contributed by atoms with Crippen molar-refractivity contribution in [3.8, 4) is 0 Å². The van der Waals surface area contributed by atoms with Gasteiger partial charge in [0, 0.05) is 14.0 Å². The maximum absolute atomic E-state index is 12.6.